The van der Waals surface area contributed by atoms with E-state index in [-0.39, 0.29) is 29.4 Å². The van der Waals surface area contributed by atoms with Gasteiger partial charge in [-0.15, -0.1) is 0 Å². The third-order valence-corrected chi connectivity index (χ3v) is 7.26. The van der Waals surface area contributed by atoms with Crippen LogP contribution in [0.15, 0.2) is 42.9 Å². The van der Waals surface area contributed by atoms with Gasteiger partial charge in [-0.3, -0.25) is 9.20 Å². The Morgan fingerprint density at radius 2 is 2.06 bits per heavy atom. The highest BCUT2D eigenvalue weighted by molar-refractivity contribution is 5.99. The Balaban J connectivity index is 1.31. The number of imidazole rings is 1. The molecular formula is C25H22FN5O2. The average Bonchev–Trinajstić information content (AvgIpc) is 3.41. The van der Waals surface area contributed by atoms with Crippen molar-refractivity contribution in [3.05, 3.63) is 70.9 Å². The summed E-state index contributed by atoms with van der Waals surface area (Å²) in [6.07, 6.45) is 6.38. The second-order valence-electron chi connectivity index (χ2n) is 9.26. The number of nitrogens with two attached hydrogens (primary N) is 1. The van der Waals surface area contributed by atoms with Gasteiger partial charge in [0.25, 0.3) is 5.91 Å². The normalized spacial score (nSPS) is 22.0. The summed E-state index contributed by atoms with van der Waals surface area (Å²) in [5, 5.41) is 0. The molecule has 4 aromatic rings. The second kappa shape index (κ2) is 6.74. The third kappa shape index (κ3) is 2.80. The van der Waals surface area contributed by atoms with Gasteiger partial charge in [-0.1, -0.05) is 18.2 Å². The van der Waals surface area contributed by atoms with Crippen LogP contribution < -0.4 is 5.73 Å². The Bertz CT molecular complexity index is 1460. The van der Waals surface area contributed by atoms with E-state index in [1.807, 2.05) is 0 Å². The molecule has 7 rings (SSSR count). The molecule has 1 amide bonds. The number of aromatic nitrogens is 3. The Labute approximate surface area is 189 Å². The van der Waals surface area contributed by atoms with Crippen molar-refractivity contribution in [2.24, 2.45) is 0 Å². The summed E-state index contributed by atoms with van der Waals surface area (Å²) in [7, 11) is 0. The van der Waals surface area contributed by atoms with Gasteiger partial charge in [0.2, 0.25) is 0 Å². The highest BCUT2D eigenvalue weighted by Crippen LogP contribution is 2.45. The predicted octanol–water partition coefficient (Wildman–Crippen LogP) is 3.62. The fourth-order valence-corrected chi connectivity index (χ4v) is 5.49. The number of nitrogens with zero attached hydrogens (tertiary/aromatic N) is 4. The minimum absolute atomic E-state index is 0.0211. The maximum atomic E-state index is 15.2. The van der Waals surface area contributed by atoms with E-state index in [0.717, 1.165) is 12.0 Å². The molecule has 7 nitrogen and oxygen atoms in total. The Morgan fingerprint density at radius 3 is 2.91 bits per heavy atom. The average molecular weight is 443 g/mol. The molecule has 1 aliphatic heterocycles. The first kappa shape index (κ1) is 19.0. The molecule has 0 radical (unpaired) electrons. The number of nitrogen functional groups attached to an aromatic ring is 1. The second-order valence-corrected chi connectivity index (χ2v) is 9.26. The van der Waals surface area contributed by atoms with Crippen LogP contribution in [0, 0.1) is 5.82 Å². The molecule has 2 aromatic carbocycles. The van der Waals surface area contributed by atoms with Crippen LogP contribution in [0.5, 0.6) is 0 Å². The summed E-state index contributed by atoms with van der Waals surface area (Å²) in [5.74, 6) is -0.00492. The molecule has 0 unspecified atom stereocenters. The van der Waals surface area contributed by atoms with Gasteiger partial charge in [-0.25, -0.2) is 14.4 Å². The molecule has 33 heavy (non-hydrogen) atoms. The number of fused-ring (bicyclic) bond motifs is 6. The SMILES string of the molecule is Nc1nc2cc(F)c(C(=O)N3CCO[C@@H]4Cc5cc(C6CC6)ccc5[C@@H]43)cc2n2cncc12. The van der Waals surface area contributed by atoms with Gasteiger partial charge in [0.05, 0.1) is 47.9 Å². The molecule has 2 aliphatic carbocycles. The summed E-state index contributed by atoms with van der Waals surface area (Å²) in [5.41, 5.74) is 11.3. The van der Waals surface area contributed by atoms with Gasteiger partial charge in [0.1, 0.15) is 17.2 Å². The van der Waals surface area contributed by atoms with E-state index < -0.39 is 5.82 Å². The lowest BCUT2D eigenvalue weighted by Crippen LogP contribution is -2.46. The van der Waals surface area contributed by atoms with Gasteiger partial charge in [-0.2, -0.15) is 0 Å². The van der Waals surface area contributed by atoms with Gasteiger partial charge in [0, 0.05) is 19.0 Å². The molecule has 2 aromatic heterocycles. The number of halogens is 1. The van der Waals surface area contributed by atoms with E-state index in [1.165, 1.54) is 30.0 Å². The number of anilines is 1. The van der Waals surface area contributed by atoms with Crippen molar-refractivity contribution in [2.75, 3.05) is 18.9 Å². The lowest BCUT2D eigenvalue weighted by atomic mass is 10.00. The van der Waals surface area contributed by atoms with Gasteiger partial charge < -0.3 is 15.4 Å². The van der Waals surface area contributed by atoms with E-state index in [2.05, 4.69) is 28.2 Å². The highest BCUT2D eigenvalue weighted by atomic mass is 19.1. The first-order chi connectivity index (χ1) is 16.1. The number of rotatable bonds is 2. The van der Waals surface area contributed by atoms with Crippen molar-refractivity contribution < 1.29 is 13.9 Å². The molecule has 3 heterocycles. The summed E-state index contributed by atoms with van der Waals surface area (Å²) >= 11 is 0. The molecule has 1 saturated heterocycles. The van der Waals surface area contributed by atoms with Crippen LogP contribution in [0.2, 0.25) is 0 Å². The van der Waals surface area contributed by atoms with Crippen LogP contribution in [0.25, 0.3) is 16.6 Å². The molecule has 2 fully saturated rings. The monoisotopic (exact) mass is 443 g/mol. The quantitative estimate of drug-likeness (QED) is 0.512. The largest absolute Gasteiger partial charge is 0.382 e. The van der Waals surface area contributed by atoms with Gasteiger partial charge in [0.15, 0.2) is 0 Å². The van der Waals surface area contributed by atoms with Crippen molar-refractivity contribution in [1.29, 1.82) is 0 Å². The molecular weight excluding hydrogens is 421 g/mol. The molecule has 3 aliphatic rings. The van der Waals surface area contributed by atoms with E-state index in [9.17, 15) is 4.79 Å². The van der Waals surface area contributed by atoms with Crippen molar-refractivity contribution in [3.63, 3.8) is 0 Å². The van der Waals surface area contributed by atoms with Crippen molar-refractivity contribution in [1.82, 2.24) is 19.3 Å². The fraction of sp³-hybridized carbons (Fsp3) is 0.320. The Kier molecular flexibility index (Phi) is 3.88. The first-order valence-electron chi connectivity index (χ1n) is 11.3. The summed E-state index contributed by atoms with van der Waals surface area (Å²) in [6.45, 7) is 0.858. The minimum atomic E-state index is -0.607. The van der Waals surface area contributed by atoms with Gasteiger partial charge in [-0.05, 0) is 41.5 Å². The van der Waals surface area contributed by atoms with E-state index in [4.69, 9.17) is 10.5 Å². The molecule has 166 valence electrons. The highest BCUT2D eigenvalue weighted by Gasteiger charge is 2.43. The zero-order chi connectivity index (χ0) is 22.3. The number of hydrogen-bond donors (Lipinski definition) is 1. The summed E-state index contributed by atoms with van der Waals surface area (Å²) < 4.78 is 23.0. The van der Waals surface area contributed by atoms with Crippen LogP contribution in [0.4, 0.5) is 10.2 Å². The van der Waals surface area contributed by atoms with Crippen LogP contribution in [-0.4, -0.2) is 44.4 Å². The van der Waals surface area contributed by atoms with Crippen LogP contribution in [-0.2, 0) is 11.2 Å². The van der Waals surface area contributed by atoms with Crippen molar-refractivity contribution >= 4 is 28.3 Å². The van der Waals surface area contributed by atoms with Crippen LogP contribution in [0.3, 0.4) is 0 Å². The number of morpholine rings is 1. The fourth-order valence-electron chi connectivity index (χ4n) is 5.49. The number of carbonyl (C=O) groups is 1. The molecule has 2 N–H and O–H groups in total. The predicted molar refractivity (Wildman–Crippen MR) is 121 cm³/mol. The molecule has 8 heteroatoms. The smallest absolute Gasteiger partial charge is 0.257 e. The Morgan fingerprint density at radius 1 is 1.18 bits per heavy atom. The molecule has 1 saturated carbocycles. The maximum Gasteiger partial charge on any atom is 0.257 e. The number of ether oxygens (including phenoxy) is 1. The van der Waals surface area contributed by atoms with Crippen molar-refractivity contribution in [2.45, 2.75) is 37.3 Å². The van der Waals surface area contributed by atoms with E-state index in [0.29, 0.717) is 35.6 Å². The Hall–Kier alpha value is -3.52. The van der Waals surface area contributed by atoms with Crippen molar-refractivity contribution in [3.8, 4) is 0 Å². The third-order valence-electron chi connectivity index (χ3n) is 7.26. The van der Waals surface area contributed by atoms with Crippen LogP contribution in [0.1, 0.15) is 51.8 Å². The number of carbonyl (C=O) groups excluding carboxylic acids is 1. The first-order valence-corrected chi connectivity index (χ1v) is 11.3. The standard InChI is InChI=1S/C25H22FN5O2/c26-18-10-19-20(31-12-28-11-21(31)24(27)29-19)9-17(18)25(32)30-5-6-33-22-8-15-7-14(13-1-2-13)3-4-16(15)23(22)30/h3-4,7,9-13,22-23H,1-2,5-6,8H2,(H2,27,29)/t22-,23+/m1/s1. The topological polar surface area (TPSA) is 85.8 Å². The lowest BCUT2D eigenvalue weighted by molar-refractivity contribution is -0.0517. The summed E-state index contributed by atoms with van der Waals surface area (Å²) in [4.78, 5) is 23.9. The zero-order valence-corrected chi connectivity index (χ0v) is 17.9. The minimum Gasteiger partial charge on any atom is -0.382 e. The number of amides is 1. The van der Waals surface area contributed by atoms with Gasteiger partial charge >= 0.3 is 0 Å². The number of benzene rings is 2. The maximum absolute atomic E-state index is 15.2. The summed E-state index contributed by atoms with van der Waals surface area (Å²) in [6, 6.07) is 9.23. The van der Waals surface area contributed by atoms with E-state index >= 15 is 4.39 Å². The lowest BCUT2D eigenvalue weighted by Gasteiger charge is -2.38. The zero-order valence-electron chi connectivity index (χ0n) is 17.9. The molecule has 2 atom stereocenters. The van der Waals surface area contributed by atoms with Crippen LogP contribution >= 0.6 is 0 Å². The molecule has 0 bridgehead atoms. The van der Waals surface area contributed by atoms with E-state index in [1.54, 1.807) is 27.9 Å². The molecule has 0 spiro atoms. The number of hydrogen-bond acceptors (Lipinski definition) is 5.